The van der Waals surface area contributed by atoms with Crippen molar-refractivity contribution in [2.75, 3.05) is 11.9 Å². The summed E-state index contributed by atoms with van der Waals surface area (Å²) in [6, 6.07) is 12.5. The van der Waals surface area contributed by atoms with Gasteiger partial charge in [0.2, 0.25) is 0 Å². The van der Waals surface area contributed by atoms with Crippen LogP contribution in [0.4, 0.5) is 5.69 Å². The average molecular weight is 325 g/mol. The van der Waals surface area contributed by atoms with Gasteiger partial charge in [0.1, 0.15) is 0 Å². The van der Waals surface area contributed by atoms with Crippen molar-refractivity contribution < 1.29 is 14.3 Å². The minimum Gasteiger partial charge on any atom is -0.462 e. The molecule has 0 aromatic heterocycles. The highest BCUT2D eigenvalue weighted by Gasteiger charge is 2.11. The zero-order valence-electron chi connectivity index (χ0n) is 14.4. The largest absolute Gasteiger partial charge is 0.462 e. The first-order valence-corrected chi connectivity index (χ1v) is 8.17. The summed E-state index contributed by atoms with van der Waals surface area (Å²) in [5.74, 6) is -0.495. The van der Waals surface area contributed by atoms with Crippen molar-refractivity contribution >= 4 is 17.6 Å². The van der Waals surface area contributed by atoms with Crippen LogP contribution in [0.5, 0.6) is 0 Å². The molecule has 126 valence electrons. The van der Waals surface area contributed by atoms with E-state index < -0.39 is 0 Å². The van der Waals surface area contributed by atoms with Gasteiger partial charge in [0.05, 0.1) is 12.2 Å². The molecule has 4 heteroatoms. The topological polar surface area (TPSA) is 55.4 Å². The standard InChI is InChI=1S/C20H23NO3/c1-4-5-12-24-20(23)16-8-10-17(11-9-16)21-19(22)18-13-14(2)6-7-15(18)3/h6-11,13H,4-5,12H2,1-3H3,(H,21,22). The molecule has 0 aliphatic heterocycles. The SMILES string of the molecule is CCCCOC(=O)c1ccc(NC(=O)c2cc(C)ccc2C)cc1. The molecule has 2 rings (SSSR count). The van der Waals surface area contributed by atoms with E-state index in [0.717, 1.165) is 24.0 Å². The fourth-order valence-electron chi connectivity index (χ4n) is 2.26. The Labute approximate surface area is 142 Å². The van der Waals surface area contributed by atoms with Gasteiger partial charge in [-0.25, -0.2) is 4.79 Å². The first kappa shape index (κ1) is 17.7. The second-order valence-electron chi connectivity index (χ2n) is 5.84. The van der Waals surface area contributed by atoms with Gasteiger partial charge >= 0.3 is 5.97 Å². The van der Waals surface area contributed by atoms with E-state index in [1.54, 1.807) is 24.3 Å². The van der Waals surface area contributed by atoms with Gasteiger partial charge in [-0.3, -0.25) is 4.79 Å². The number of aryl methyl sites for hydroxylation is 2. The van der Waals surface area contributed by atoms with Crippen LogP contribution in [-0.4, -0.2) is 18.5 Å². The Kier molecular flexibility index (Phi) is 6.13. The number of benzene rings is 2. The molecule has 24 heavy (non-hydrogen) atoms. The number of carbonyl (C=O) groups excluding carboxylic acids is 2. The lowest BCUT2D eigenvalue weighted by molar-refractivity contribution is 0.0499. The number of esters is 1. The molecule has 0 bridgehead atoms. The van der Waals surface area contributed by atoms with Crippen molar-refractivity contribution in [1.29, 1.82) is 0 Å². The molecule has 0 atom stereocenters. The molecular formula is C20H23NO3. The molecule has 0 aliphatic rings. The number of amides is 1. The van der Waals surface area contributed by atoms with E-state index in [-0.39, 0.29) is 11.9 Å². The third-order valence-corrected chi connectivity index (χ3v) is 3.75. The molecule has 0 saturated heterocycles. The highest BCUT2D eigenvalue weighted by molar-refractivity contribution is 6.05. The minimum atomic E-state index is -0.337. The Morgan fingerprint density at radius 2 is 1.75 bits per heavy atom. The van der Waals surface area contributed by atoms with Crippen molar-refractivity contribution in [3.63, 3.8) is 0 Å². The number of anilines is 1. The Hall–Kier alpha value is -2.62. The Balaban J connectivity index is 2.02. The van der Waals surface area contributed by atoms with E-state index in [9.17, 15) is 9.59 Å². The summed E-state index contributed by atoms with van der Waals surface area (Å²) in [5.41, 5.74) is 3.74. The summed E-state index contributed by atoms with van der Waals surface area (Å²) in [6.07, 6.45) is 1.84. The fraction of sp³-hybridized carbons (Fsp3) is 0.300. The minimum absolute atomic E-state index is 0.158. The van der Waals surface area contributed by atoms with E-state index in [1.807, 2.05) is 39.0 Å². The van der Waals surface area contributed by atoms with Crippen LogP contribution in [0.3, 0.4) is 0 Å². The molecule has 0 aliphatic carbocycles. The number of carbonyl (C=O) groups is 2. The van der Waals surface area contributed by atoms with E-state index in [2.05, 4.69) is 5.32 Å². The second-order valence-corrected chi connectivity index (χ2v) is 5.84. The maximum atomic E-state index is 12.4. The van der Waals surface area contributed by atoms with E-state index in [4.69, 9.17) is 4.74 Å². The lowest BCUT2D eigenvalue weighted by atomic mass is 10.0. The van der Waals surface area contributed by atoms with Gasteiger partial charge in [0, 0.05) is 11.3 Å². The van der Waals surface area contributed by atoms with Crippen LogP contribution >= 0.6 is 0 Å². The second kappa shape index (κ2) is 8.29. The number of hydrogen-bond acceptors (Lipinski definition) is 3. The zero-order chi connectivity index (χ0) is 17.5. The molecule has 0 heterocycles. The summed E-state index contributed by atoms with van der Waals surface area (Å²) in [5, 5.41) is 2.85. The van der Waals surface area contributed by atoms with Crippen LogP contribution in [0.2, 0.25) is 0 Å². The Morgan fingerprint density at radius 3 is 2.42 bits per heavy atom. The lowest BCUT2D eigenvalue weighted by Gasteiger charge is -2.09. The van der Waals surface area contributed by atoms with Crippen LogP contribution in [-0.2, 0) is 4.74 Å². The van der Waals surface area contributed by atoms with Crippen LogP contribution in [0.25, 0.3) is 0 Å². The van der Waals surface area contributed by atoms with Gasteiger partial charge in [-0.1, -0.05) is 31.0 Å². The Bertz CT molecular complexity index is 720. The van der Waals surface area contributed by atoms with Crippen LogP contribution < -0.4 is 5.32 Å². The smallest absolute Gasteiger partial charge is 0.338 e. The number of nitrogens with one attached hydrogen (secondary N) is 1. The summed E-state index contributed by atoms with van der Waals surface area (Å²) in [6.45, 7) is 6.33. The lowest BCUT2D eigenvalue weighted by Crippen LogP contribution is -2.14. The maximum Gasteiger partial charge on any atom is 0.338 e. The van der Waals surface area contributed by atoms with Crippen molar-refractivity contribution in [3.8, 4) is 0 Å². The zero-order valence-corrected chi connectivity index (χ0v) is 14.4. The molecule has 0 radical (unpaired) electrons. The first-order valence-electron chi connectivity index (χ1n) is 8.17. The van der Waals surface area contributed by atoms with Gasteiger partial charge < -0.3 is 10.1 Å². The summed E-state index contributed by atoms with van der Waals surface area (Å²) in [7, 11) is 0. The normalized spacial score (nSPS) is 10.3. The molecule has 0 fully saturated rings. The van der Waals surface area contributed by atoms with Gasteiger partial charge in [-0.2, -0.15) is 0 Å². The number of hydrogen-bond donors (Lipinski definition) is 1. The van der Waals surface area contributed by atoms with E-state index in [0.29, 0.717) is 23.4 Å². The molecule has 4 nitrogen and oxygen atoms in total. The van der Waals surface area contributed by atoms with Crippen molar-refractivity contribution in [3.05, 3.63) is 64.7 Å². The van der Waals surface area contributed by atoms with Gasteiger partial charge in [-0.05, 0) is 56.2 Å². The third-order valence-electron chi connectivity index (χ3n) is 3.75. The summed E-state index contributed by atoms with van der Waals surface area (Å²) in [4.78, 5) is 24.2. The van der Waals surface area contributed by atoms with Crippen molar-refractivity contribution in [2.24, 2.45) is 0 Å². The number of ether oxygens (including phenoxy) is 1. The van der Waals surface area contributed by atoms with Crippen molar-refractivity contribution in [1.82, 2.24) is 0 Å². The van der Waals surface area contributed by atoms with Gasteiger partial charge in [0.25, 0.3) is 5.91 Å². The van der Waals surface area contributed by atoms with E-state index >= 15 is 0 Å². The highest BCUT2D eigenvalue weighted by atomic mass is 16.5. The molecule has 0 spiro atoms. The van der Waals surface area contributed by atoms with Gasteiger partial charge in [0.15, 0.2) is 0 Å². The van der Waals surface area contributed by atoms with Gasteiger partial charge in [-0.15, -0.1) is 0 Å². The van der Waals surface area contributed by atoms with Crippen molar-refractivity contribution in [2.45, 2.75) is 33.6 Å². The number of unbranched alkanes of at least 4 members (excludes halogenated alkanes) is 1. The average Bonchev–Trinajstić information content (AvgIpc) is 2.57. The predicted molar refractivity (Wildman–Crippen MR) is 95.5 cm³/mol. The predicted octanol–water partition coefficient (Wildman–Crippen LogP) is 4.51. The highest BCUT2D eigenvalue weighted by Crippen LogP contribution is 2.15. The van der Waals surface area contributed by atoms with E-state index in [1.165, 1.54) is 0 Å². The summed E-state index contributed by atoms with van der Waals surface area (Å²) >= 11 is 0. The summed E-state index contributed by atoms with van der Waals surface area (Å²) < 4.78 is 5.16. The fourth-order valence-corrected chi connectivity index (χ4v) is 2.26. The first-order chi connectivity index (χ1) is 11.5. The third kappa shape index (κ3) is 4.69. The molecule has 1 amide bonds. The molecular weight excluding hydrogens is 302 g/mol. The maximum absolute atomic E-state index is 12.4. The van der Waals surface area contributed by atoms with Crippen LogP contribution in [0.15, 0.2) is 42.5 Å². The number of rotatable bonds is 6. The quantitative estimate of drug-likeness (QED) is 0.628. The Morgan fingerprint density at radius 1 is 1.04 bits per heavy atom. The van der Waals surface area contributed by atoms with Crippen LogP contribution in [0, 0.1) is 13.8 Å². The molecule has 2 aromatic rings. The molecule has 0 saturated carbocycles. The molecule has 2 aromatic carbocycles. The molecule has 0 unspecified atom stereocenters. The molecule has 1 N–H and O–H groups in total. The van der Waals surface area contributed by atoms with Crippen LogP contribution in [0.1, 0.15) is 51.6 Å². The monoisotopic (exact) mass is 325 g/mol.